The van der Waals surface area contributed by atoms with Crippen LogP contribution in [0.15, 0.2) is 53.1 Å². The zero-order valence-corrected chi connectivity index (χ0v) is 21.9. The Labute approximate surface area is 230 Å². The summed E-state index contributed by atoms with van der Waals surface area (Å²) in [6.45, 7) is 0.244. The van der Waals surface area contributed by atoms with E-state index >= 15 is 0 Å². The molecule has 0 spiro atoms. The predicted molar refractivity (Wildman–Crippen MR) is 141 cm³/mol. The van der Waals surface area contributed by atoms with Gasteiger partial charge in [0.2, 0.25) is 0 Å². The molecule has 5 atom stereocenters. The SMILES string of the molecule is OB(O)c1ccc(C23C[C@H]4CC[C@H](OCc5c(-c6ccccc6OC(F)(F)F)noc5C5CC5)C[C@H](C2)C43)cc1. The van der Waals surface area contributed by atoms with Crippen molar-refractivity contribution in [3.8, 4) is 17.0 Å². The van der Waals surface area contributed by atoms with Crippen LogP contribution in [-0.2, 0) is 16.8 Å². The fraction of sp³-hybridized carbons (Fsp3) is 0.500. The molecule has 6 nitrogen and oxygen atoms in total. The maximum absolute atomic E-state index is 13.1. The van der Waals surface area contributed by atoms with E-state index in [4.69, 9.17) is 9.26 Å². The Morgan fingerprint density at radius 2 is 1.73 bits per heavy atom. The number of para-hydroxylation sites is 1. The van der Waals surface area contributed by atoms with Crippen LogP contribution in [0.25, 0.3) is 11.3 Å². The lowest BCUT2D eigenvalue weighted by atomic mass is 9.36. The van der Waals surface area contributed by atoms with E-state index < -0.39 is 13.5 Å². The first-order valence-electron chi connectivity index (χ1n) is 14.1. The van der Waals surface area contributed by atoms with Gasteiger partial charge in [-0.25, -0.2) is 0 Å². The molecule has 210 valence electrons. The molecule has 40 heavy (non-hydrogen) atoms. The normalized spacial score (nSPS) is 29.1. The number of hydrogen-bond acceptors (Lipinski definition) is 6. The Balaban J connectivity index is 1.07. The minimum Gasteiger partial charge on any atom is -0.423 e. The Bertz CT molecular complexity index is 1390. The Kier molecular flexibility index (Phi) is 6.29. The van der Waals surface area contributed by atoms with Gasteiger partial charge in [0.15, 0.2) is 0 Å². The Hall–Kier alpha value is -2.82. The summed E-state index contributed by atoms with van der Waals surface area (Å²) >= 11 is 0. The highest BCUT2D eigenvalue weighted by Gasteiger charge is 2.66. The van der Waals surface area contributed by atoms with Crippen molar-refractivity contribution in [3.63, 3.8) is 0 Å². The van der Waals surface area contributed by atoms with Crippen molar-refractivity contribution < 1.29 is 37.2 Å². The molecule has 4 aliphatic carbocycles. The lowest BCUT2D eigenvalue weighted by molar-refractivity contribution is -0.274. The number of ether oxygens (including phenoxy) is 2. The molecule has 2 N–H and O–H groups in total. The second kappa shape index (κ2) is 9.64. The molecule has 4 fully saturated rings. The third-order valence-corrected chi connectivity index (χ3v) is 9.71. The molecule has 4 saturated carbocycles. The molecule has 0 aliphatic heterocycles. The fourth-order valence-corrected chi connectivity index (χ4v) is 7.86. The predicted octanol–water partition coefficient (Wildman–Crippen LogP) is 5.46. The summed E-state index contributed by atoms with van der Waals surface area (Å²) in [4.78, 5) is 0. The van der Waals surface area contributed by atoms with E-state index in [1.54, 1.807) is 12.1 Å². The Morgan fingerprint density at radius 1 is 0.975 bits per heavy atom. The summed E-state index contributed by atoms with van der Waals surface area (Å²) in [5.74, 6) is 2.49. The van der Waals surface area contributed by atoms with E-state index in [2.05, 4.69) is 9.89 Å². The van der Waals surface area contributed by atoms with Gasteiger partial charge >= 0.3 is 13.5 Å². The maximum atomic E-state index is 13.1. The van der Waals surface area contributed by atoms with Gasteiger partial charge in [-0.1, -0.05) is 41.6 Å². The smallest absolute Gasteiger partial charge is 0.423 e. The van der Waals surface area contributed by atoms with Crippen molar-refractivity contribution in [1.82, 2.24) is 5.16 Å². The quantitative estimate of drug-likeness (QED) is 0.361. The van der Waals surface area contributed by atoms with E-state index in [1.807, 2.05) is 24.3 Å². The van der Waals surface area contributed by atoms with Crippen LogP contribution in [0.5, 0.6) is 5.75 Å². The van der Waals surface area contributed by atoms with Gasteiger partial charge in [0.05, 0.1) is 12.7 Å². The minimum absolute atomic E-state index is 0.0667. The summed E-state index contributed by atoms with van der Waals surface area (Å²) in [7, 11) is -1.46. The topological polar surface area (TPSA) is 85.0 Å². The van der Waals surface area contributed by atoms with E-state index in [9.17, 15) is 23.2 Å². The molecule has 2 aromatic carbocycles. The molecular weight excluding hydrogens is 522 g/mol. The highest BCUT2D eigenvalue weighted by molar-refractivity contribution is 6.58. The molecule has 0 saturated heterocycles. The average molecular weight is 553 g/mol. The van der Waals surface area contributed by atoms with Crippen molar-refractivity contribution in [2.45, 2.75) is 75.4 Å². The largest absolute Gasteiger partial charge is 0.573 e. The van der Waals surface area contributed by atoms with E-state index in [-0.39, 0.29) is 35.4 Å². The lowest BCUT2D eigenvalue weighted by Crippen LogP contribution is -2.63. The van der Waals surface area contributed by atoms with Gasteiger partial charge in [0.1, 0.15) is 17.2 Å². The fourth-order valence-electron chi connectivity index (χ4n) is 7.86. The number of halogens is 3. The molecule has 3 aromatic rings. The highest BCUT2D eigenvalue weighted by Crippen LogP contribution is 2.71. The zero-order chi connectivity index (χ0) is 27.6. The first-order valence-corrected chi connectivity index (χ1v) is 14.1. The van der Waals surface area contributed by atoms with Crippen molar-refractivity contribution >= 4 is 12.6 Å². The summed E-state index contributed by atoms with van der Waals surface area (Å²) < 4.78 is 55.8. The number of benzene rings is 2. The van der Waals surface area contributed by atoms with Gasteiger partial charge in [0, 0.05) is 17.0 Å². The van der Waals surface area contributed by atoms with Gasteiger partial charge in [-0.3, -0.25) is 0 Å². The second-order valence-electron chi connectivity index (χ2n) is 12.0. The highest BCUT2D eigenvalue weighted by atomic mass is 19.4. The van der Waals surface area contributed by atoms with Gasteiger partial charge in [-0.2, -0.15) is 0 Å². The Morgan fingerprint density at radius 3 is 2.45 bits per heavy atom. The van der Waals surface area contributed by atoms with Gasteiger partial charge < -0.3 is 24.0 Å². The van der Waals surface area contributed by atoms with E-state index in [0.29, 0.717) is 34.7 Å². The van der Waals surface area contributed by atoms with Crippen molar-refractivity contribution in [2.75, 3.05) is 0 Å². The number of hydrogen-bond donors (Lipinski definition) is 2. The van der Waals surface area contributed by atoms with E-state index in [0.717, 1.165) is 50.5 Å². The standard InChI is InChI=1S/C30H31BF3NO5/c32-30(33,34)39-25-4-2-1-3-23(25)27-24(28(40-35-27)17-5-6-17)16-38-22-12-7-18-14-29(15-19(13-22)26(18)29)20-8-10-21(11-9-20)31(36)37/h1-4,8-11,17-19,22,26,36-37H,5-7,12-16H2/t18-,19-,22+,26?,29?/m1/s1. The second-order valence-corrected chi connectivity index (χ2v) is 12.0. The van der Waals surface area contributed by atoms with Gasteiger partial charge in [0.25, 0.3) is 0 Å². The van der Waals surface area contributed by atoms with Crippen LogP contribution in [0.1, 0.15) is 67.8 Å². The van der Waals surface area contributed by atoms with Crippen molar-refractivity contribution in [2.24, 2.45) is 17.8 Å². The van der Waals surface area contributed by atoms with Gasteiger partial charge in [-0.15, -0.1) is 13.2 Å². The van der Waals surface area contributed by atoms with Crippen LogP contribution in [-0.4, -0.2) is 34.8 Å². The van der Waals surface area contributed by atoms with Crippen LogP contribution in [0.4, 0.5) is 13.2 Å². The number of alkyl halides is 3. The van der Waals surface area contributed by atoms with Gasteiger partial charge in [-0.05, 0) is 91.3 Å². The summed E-state index contributed by atoms with van der Waals surface area (Å²) in [6.07, 6.45) is 2.46. The third-order valence-electron chi connectivity index (χ3n) is 9.71. The molecule has 4 aliphatic rings. The first-order chi connectivity index (χ1) is 19.2. The molecule has 0 amide bonds. The van der Waals surface area contributed by atoms with Crippen LogP contribution in [0.3, 0.4) is 0 Å². The van der Waals surface area contributed by atoms with Crippen LogP contribution < -0.4 is 10.2 Å². The lowest BCUT2D eigenvalue weighted by Gasteiger charge is -2.68. The monoisotopic (exact) mass is 553 g/mol. The van der Waals surface area contributed by atoms with Crippen LogP contribution in [0.2, 0.25) is 0 Å². The molecule has 7 rings (SSSR count). The molecule has 0 bridgehead atoms. The summed E-state index contributed by atoms with van der Waals surface area (Å²) in [5.41, 5.74) is 3.31. The molecule has 10 heteroatoms. The summed E-state index contributed by atoms with van der Waals surface area (Å²) in [6, 6.07) is 13.8. The maximum Gasteiger partial charge on any atom is 0.573 e. The molecular formula is C30H31BF3NO5. The molecule has 0 radical (unpaired) electrons. The summed E-state index contributed by atoms with van der Waals surface area (Å²) in [5, 5.41) is 23.1. The van der Waals surface area contributed by atoms with Crippen molar-refractivity contribution in [1.29, 1.82) is 0 Å². The number of aromatic nitrogens is 1. The van der Waals surface area contributed by atoms with E-state index in [1.165, 1.54) is 17.7 Å². The van der Waals surface area contributed by atoms with Crippen molar-refractivity contribution in [3.05, 3.63) is 65.4 Å². The molecule has 2 unspecified atom stereocenters. The molecule has 1 aromatic heterocycles. The first kappa shape index (κ1) is 26.1. The third kappa shape index (κ3) is 4.54. The minimum atomic E-state index is -4.81. The number of rotatable bonds is 8. The zero-order valence-electron chi connectivity index (χ0n) is 21.9. The number of nitrogens with zero attached hydrogens (tertiary/aromatic N) is 1. The van der Waals surface area contributed by atoms with Crippen LogP contribution in [0, 0.1) is 17.8 Å². The van der Waals surface area contributed by atoms with Crippen LogP contribution >= 0.6 is 0 Å². The average Bonchev–Trinajstić information content (AvgIpc) is 3.66. The molecule has 1 heterocycles.